The van der Waals surface area contributed by atoms with Gasteiger partial charge in [-0.2, -0.15) is 0 Å². The van der Waals surface area contributed by atoms with Gasteiger partial charge in [-0.05, 0) is 42.8 Å². The first kappa shape index (κ1) is 24.5. The Hall–Kier alpha value is -3.15. The number of nitrogens with zero attached hydrogens (tertiary/aromatic N) is 2. The molecule has 172 valence electrons. The molecule has 1 amide bonds. The Labute approximate surface area is 203 Å². The highest BCUT2D eigenvalue weighted by atomic mass is 35.5. The van der Waals surface area contributed by atoms with Crippen LogP contribution < -0.4 is 14.4 Å². The molecule has 1 heterocycles. The number of halogens is 1. The number of amides is 1. The number of carbonyl (C=O) groups excluding carboxylic acids is 2. The number of nitro benzene ring substituents is 1. The predicted molar refractivity (Wildman–Crippen MR) is 129 cm³/mol. The van der Waals surface area contributed by atoms with E-state index in [4.69, 9.17) is 38.0 Å². The molecule has 0 bridgehead atoms. The van der Waals surface area contributed by atoms with Gasteiger partial charge in [-0.3, -0.25) is 19.8 Å². The van der Waals surface area contributed by atoms with Crippen molar-refractivity contribution in [1.82, 2.24) is 0 Å². The number of esters is 1. The van der Waals surface area contributed by atoms with Crippen LogP contribution in [0.15, 0.2) is 41.3 Å². The van der Waals surface area contributed by atoms with Gasteiger partial charge in [-0.15, -0.1) is 0 Å². The minimum absolute atomic E-state index is 0.0910. The fraction of sp³-hybridized carbons (Fsp3) is 0.190. The maximum Gasteiger partial charge on any atom is 0.344 e. The predicted octanol–water partition coefficient (Wildman–Crippen LogP) is 4.60. The van der Waals surface area contributed by atoms with Crippen molar-refractivity contribution in [2.24, 2.45) is 0 Å². The second-order valence-corrected chi connectivity index (χ2v) is 8.50. The highest BCUT2D eigenvalue weighted by Crippen LogP contribution is 2.40. The average molecular weight is 509 g/mol. The molecule has 0 aromatic heterocycles. The van der Waals surface area contributed by atoms with E-state index in [2.05, 4.69) is 0 Å². The molecule has 1 saturated heterocycles. The second kappa shape index (κ2) is 10.6. The summed E-state index contributed by atoms with van der Waals surface area (Å²) in [7, 11) is 1.42. The van der Waals surface area contributed by atoms with E-state index in [1.165, 1.54) is 36.3 Å². The number of anilines is 1. The number of hydrogen-bond donors (Lipinski definition) is 0. The number of thiocarbonyl (C=S) groups is 1. The monoisotopic (exact) mass is 508 g/mol. The lowest BCUT2D eigenvalue weighted by Crippen LogP contribution is -2.27. The van der Waals surface area contributed by atoms with Crippen LogP contribution >= 0.6 is 35.6 Å². The largest absolute Gasteiger partial charge is 0.493 e. The van der Waals surface area contributed by atoms with Gasteiger partial charge in [0, 0.05) is 12.1 Å². The zero-order chi connectivity index (χ0) is 24.1. The zero-order valence-corrected chi connectivity index (χ0v) is 19.8. The standard InChI is InChI=1S/C21H17ClN2O7S2/c1-3-30-18(25)11-31-19-15(22)8-12(9-16(19)29-2)10-17-20(26)23(21(32)33-17)13-4-6-14(7-5-13)24(27)28/h4-10H,3,11H2,1-2H3/b17-10+. The minimum Gasteiger partial charge on any atom is -0.493 e. The Morgan fingerprint density at radius 2 is 2.00 bits per heavy atom. The lowest BCUT2D eigenvalue weighted by Gasteiger charge is -2.14. The number of carbonyl (C=O) groups is 2. The van der Waals surface area contributed by atoms with Gasteiger partial charge in [-0.25, -0.2) is 4.79 Å². The number of non-ortho nitro benzene ring substituents is 1. The Morgan fingerprint density at radius 3 is 2.61 bits per heavy atom. The minimum atomic E-state index is -0.547. The van der Waals surface area contributed by atoms with E-state index >= 15 is 0 Å². The molecule has 33 heavy (non-hydrogen) atoms. The summed E-state index contributed by atoms with van der Waals surface area (Å²) in [5.41, 5.74) is 0.876. The van der Waals surface area contributed by atoms with Crippen LogP contribution in [0.1, 0.15) is 12.5 Å². The van der Waals surface area contributed by atoms with Crippen molar-refractivity contribution >= 4 is 69.2 Å². The molecule has 0 aliphatic carbocycles. The molecule has 0 unspecified atom stereocenters. The van der Waals surface area contributed by atoms with Gasteiger partial charge < -0.3 is 14.2 Å². The SMILES string of the molecule is CCOC(=O)COc1c(Cl)cc(/C=C2/SC(=S)N(c3ccc([N+](=O)[O-])cc3)C2=O)cc1OC. The van der Waals surface area contributed by atoms with Gasteiger partial charge in [0.2, 0.25) is 0 Å². The maximum absolute atomic E-state index is 13.0. The molecule has 1 aliphatic rings. The van der Waals surface area contributed by atoms with Crippen LogP contribution in [0.3, 0.4) is 0 Å². The van der Waals surface area contributed by atoms with Crippen molar-refractivity contribution in [3.8, 4) is 11.5 Å². The summed E-state index contributed by atoms with van der Waals surface area (Å²) in [5.74, 6) is -0.488. The molecular weight excluding hydrogens is 492 g/mol. The molecule has 1 fully saturated rings. The highest BCUT2D eigenvalue weighted by molar-refractivity contribution is 8.27. The van der Waals surface area contributed by atoms with Gasteiger partial charge in [0.15, 0.2) is 22.4 Å². The molecule has 0 atom stereocenters. The molecule has 2 aromatic carbocycles. The number of nitro groups is 1. The Balaban J connectivity index is 1.84. The summed E-state index contributed by atoms with van der Waals surface area (Å²) in [5, 5.41) is 11.0. The Bertz CT molecular complexity index is 1150. The van der Waals surface area contributed by atoms with Crippen molar-refractivity contribution in [3.05, 3.63) is 62.0 Å². The van der Waals surface area contributed by atoms with E-state index in [0.717, 1.165) is 11.8 Å². The van der Waals surface area contributed by atoms with E-state index in [0.29, 0.717) is 16.2 Å². The molecule has 0 spiro atoms. The first-order valence-corrected chi connectivity index (χ1v) is 11.0. The third-order valence-electron chi connectivity index (χ3n) is 4.30. The first-order valence-electron chi connectivity index (χ1n) is 9.43. The number of thioether (sulfide) groups is 1. The first-order chi connectivity index (χ1) is 15.7. The Kier molecular flexibility index (Phi) is 7.90. The summed E-state index contributed by atoms with van der Waals surface area (Å²) in [4.78, 5) is 36.5. The third-order valence-corrected chi connectivity index (χ3v) is 5.88. The van der Waals surface area contributed by atoms with E-state index in [-0.39, 0.29) is 45.7 Å². The highest BCUT2D eigenvalue weighted by Gasteiger charge is 2.33. The van der Waals surface area contributed by atoms with Gasteiger partial charge in [0.05, 0.1) is 34.3 Å². The van der Waals surface area contributed by atoms with Crippen molar-refractivity contribution < 1.29 is 28.7 Å². The van der Waals surface area contributed by atoms with Gasteiger partial charge in [0.1, 0.15) is 0 Å². The third kappa shape index (κ3) is 5.62. The molecule has 1 aliphatic heterocycles. The fourth-order valence-corrected chi connectivity index (χ4v) is 4.43. The van der Waals surface area contributed by atoms with Crippen molar-refractivity contribution in [3.63, 3.8) is 0 Å². The normalized spacial score (nSPS) is 14.5. The van der Waals surface area contributed by atoms with Crippen LogP contribution in [0.4, 0.5) is 11.4 Å². The number of hydrogen-bond acceptors (Lipinski definition) is 9. The molecule has 9 nitrogen and oxygen atoms in total. The lowest BCUT2D eigenvalue weighted by atomic mass is 10.1. The zero-order valence-electron chi connectivity index (χ0n) is 17.4. The van der Waals surface area contributed by atoms with E-state index < -0.39 is 10.9 Å². The quantitative estimate of drug-likeness (QED) is 0.166. The van der Waals surface area contributed by atoms with Gasteiger partial charge >= 0.3 is 5.97 Å². The van der Waals surface area contributed by atoms with Crippen LogP contribution in [0.2, 0.25) is 5.02 Å². The number of benzene rings is 2. The Morgan fingerprint density at radius 1 is 1.30 bits per heavy atom. The molecule has 0 radical (unpaired) electrons. The number of ether oxygens (including phenoxy) is 3. The van der Waals surface area contributed by atoms with Crippen LogP contribution in [-0.4, -0.2) is 41.4 Å². The smallest absolute Gasteiger partial charge is 0.344 e. The van der Waals surface area contributed by atoms with Crippen LogP contribution in [0.25, 0.3) is 6.08 Å². The van der Waals surface area contributed by atoms with Crippen LogP contribution in [0, 0.1) is 10.1 Å². The van der Waals surface area contributed by atoms with Crippen molar-refractivity contribution in [2.45, 2.75) is 6.92 Å². The summed E-state index contributed by atoms with van der Waals surface area (Å²) in [6, 6.07) is 8.69. The average Bonchev–Trinajstić information content (AvgIpc) is 3.05. The molecule has 0 saturated carbocycles. The summed E-state index contributed by atoms with van der Waals surface area (Å²) >= 11 is 12.7. The lowest BCUT2D eigenvalue weighted by molar-refractivity contribution is -0.384. The van der Waals surface area contributed by atoms with Gasteiger partial charge in [0.25, 0.3) is 11.6 Å². The molecule has 2 aromatic rings. The molecule has 12 heteroatoms. The van der Waals surface area contributed by atoms with Crippen molar-refractivity contribution in [2.75, 3.05) is 25.2 Å². The molecule has 0 N–H and O–H groups in total. The van der Waals surface area contributed by atoms with Crippen LogP contribution in [-0.2, 0) is 14.3 Å². The van der Waals surface area contributed by atoms with Crippen LogP contribution in [0.5, 0.6) is 11.5 Å². The fourth-order valence-electron chi connectivity index (χ4n) is 2.86. The van der Waals surface area contributed by atoms with Crippen molar-refractivity contribution in [1.29, 1.82) is 0 Å². The van der Waals surface area contributed by atoms with Gasteiger partial charge in [-0.1, -0.05) is 35.6 Å². The second-order valence-electron chi connectivity index (χ2n) is 6.42. The van der Waals surface area contributed by atoms with E-state index in [1.54, 1.807) is 25.1 Å². The number of methoxy groups -OCH3 is 1. The summed E-state index contributed by atoms with van der Waals surface area (Å²) in [6.07, 6.45) is 1.59. The maximum atomic E-state index is 13.0. The van der Waals surface area contributed by atoms with E-state index in [1.807, 2.05) is 0 Å². The summed E-state index contributed by atoms with van der Waals surface area (Å²) in [6.45, 7) is 1.58. The molecule has 3 rings (SSSR count). The number of rotatable bonds is 8. The van der Waals surface area contributed by atoms with E-state index in [9.17, 15) is 19.7 Å². The topological polar surface area (TPSA) is 108 Å². The summed E-state index contributed by atoms with van der Waals surface area (Å²) < 4.78 is 15.9. The molecular formula is C21H17ClN2O7S2.